The van der Waals surface area contributed by atoms with E-state index in [1.54, 1.807) is 24.3 Å². The molecule has 1 aliphatic carbocycles. The maximum absolute atomic E-state index is 12.0. The van der Waals surface area contributed by atoms with Crippen LogP contribution in [0.1, 0.15) is 11.6 Å². The lowest BCUT2D eigenvalue weighted by molar-refractivity contribution is -0.150. The topological polar surface area (TPSA) is 131 Å². The largest absolute Gasteiger partial charge is 0.508 e. The van der Waals surface area contributed by atoms with Crippen LogP contribution in [0.25, 0.3) is 0 Å². The number of nitrogens with zero attached hydrogens (tertiary/aromatic N) is 2. The summed E-state index contributed by atoms with van der Waals surface area (Å²) in [6.45, 7) is 0.148. The number of aromatic hydroxyl groups is 1. The molecule has 4 N–H and O–H groups in total. The van der Waals surface area contributed by atoms with E-state index in [9.17, 15) is 30.0 Å². The number of aliphatic imine (C=N–C) groups is 1. The first kappa shape index (κ1) is 17.8. The van der Waals surface area contributed by atoms with Gasteiger partial charge in [-0.05, 0) is 17.7 Å². The number of carboxylic acids is 2. The van der Waals surface area contributed by atoms with Gasteiger partial charge in [-0.1, -0.05) is 30.4 Å². The first-order valence-electron chi connectivity index (χ1n) is 8.01. The number of aliphatic hydroxyl groups excluding tert-OH is 1. The van der Waals surface area contributed by atoms with Crippen LogP contribution in [-0.4, -0.2) is 68.2 Å². The zero-order chi connectivity index (χ0) is 18.8. The number of allylic oxidation sites excluding steroid dienone is 2. The fourth-order valence-electron chi connectivity index (χ4n) is 3.34. The van der Waals surface area contributed by atoms with Gasteiger partial charge in [0.1, 0.15) is 23.9 Å². The smallest absolute Gasteiger partial charge is 0.325 e. The highest BCUT2D eigenvalue weighted by atomic mass is 16.4. The van der Waals surface area contributed by atoms with Crippen LogP contribution in [0.2, 0.25) is 0 Å². The number of fused-ring (bicyclic) bond motifs is 2. The molecule has 0 spiro atoms. The Hall–Kier alpha value is -2.97. The predicted molar refractivity (Wildman–Crippen MR) is 92.1 cm³/mol. The summed E-state index contributed by atoms with van der Waals surface area (Å²) in [5.41, 5.74) is 0.570. The molecule has 2 bridgehead atoms. The number of phenols is 1. The SMILES string of the molecule is O=C(O)C1C2=CC=CC(=NCCN1C(C(=O)O)c1ccccc1O)C2O. The molecule has 0 amide bonds. The summed E-state index contributed by atoms with van der Waals surface area (Å²) < 4.78 is 0. The molecule has 1 aliphatic heterocycles. The van der Waals surface area contributed by atoms with Gasteiger partial charge in [0.15, 0.2) is 0 Å². The van der Waals surface area contributed by atoms with Crippen molar-refractivity contribution in [1.29, 1.82) is 0 Å². The first-order chi connectivity index (χ1) is 12.4. The number of para-hydroxylation sites is 1. The highest BCUT2D eigenvalue weighted by Gasteiger charge is 2.42. The summed E-state index contributed by atoms with van der Waals surface area (Å²) in [7, 11) is 0. The second kappa shape index (κ2) is 7.11. The van der Waals surface area contributed by atoms with Gasteiger partial charge >= 0.3 is 11.9 Å². The quantitative estimate of drug-likeness (QED) is 0.619. The normalized spacial score (nSPS) is 24.0. The monoisotopic (exact) mass is 358 g/mol. The molecule has 1 aromatic rings. The van der Waals surface area contributed by atoms with Gasteiger partial charge < -0.3 is 20.4 Å². The molecular weight excluding hydrogens is 340 g/mol. The lowest BCUT2D eigenvalue weighted by Crippen LogP contribution is -2.52. The number of benzene rings is 1. The Morgan fingerprint density at radius 3 is 2.62 bits per heavy atom. The van der Waals surface area contributed by atoms with E-state index in [-0.39, 0.29) is 30.0 Å². The van der Waals surface area contributed by atoms with Gasteiger partial charge in [-0.25, -0.2) is 0 Å². The molecule has 26 heavy (non-hydrogen) atoms. The molecule has 136 valence electrons. The lowest BCUT2D eigenvalue weighted by Gasteiger charge is -2.38. The molecule has 0 saturated heterocycles. The van der Waals surface area contributed by atoms with Gasteiger partial charge in [0, 0.05) is 12.1 Å². The zero-order valence-electron chi connectivity index (χ0n) is 13.7. The van der Waals surface area contributed by atoms with Crippen LogP contribution in [0, 0.1) is 0 Å². The number of carboxylic acid groups (broad SMARTS) is 2. The van der Waals surface area contributed by atoms with E-state index in [0.29, 0.717) is 5.71 Å². The van der Waals surface area contributed by atoms with Crippen LogP contribution in [0.15, 0.2) is 53.1 Å². The molecule has 0 radical (unpaired) electrons. The molecule has 0 saturated carbocycles. The number of phenolic OH excluding ortho intramolecular Hbond substituents is 1. The first-order valence-corrected chi connectivity index (χ1v) is 8.01. The average Bonchev–Trinajstić information content (AvgIpc) is 2.59. The number of hydrogen-bond donors (Lipinski definition) is 4. The van der Waals surface area contributed by atoms with Crippen LogP contribution in [0.4, 0.5) is 0 Å². The molecule has 2 aliphatic rings. The third-order valence-electron chi connectivity index (χ3n) is 4.48. The van der Waals surface area contributed by atoms with Crippen molar-refractivity contribution in [1.82, 2.24) is 4.90 Å². The summed E-state index contributed by atoms with van der Waals surface area (Å²) >= 11 is 0. The highest BCUT2D eigenvalue weighted by molar-refractivity contribution is 6.03. The molecule has 3 atom stereocenters. The number of aliphatic carboxylic acids is 2. The number of rotatable bonds is 4. The van der Waals surface area contributed by atoms with Gasteiger partial charge in [0.05, 0.1) is 12.3 Å². The summed E-state index contributed by atoms with van der Waals surface area (Å²) in [6.07, 6.45) is 3.42. The Morgan fingerprint density at radius 2 is 1.96 bits per heavy atom. The summed E-state index contributed by atoms with van der Waals surface area (Å²) in [5, 5.41) is 40.1. The standard InChI is InChI=1S/C18H18N2O6/c21-13-7-2-1-4-10(13)14(17(23)24)20-9-8-19-12-6-3-5-11(16(12)22)15(20)18(25)26/h1-7,14-16,21-22H,8-9H2,(H,23,24)(H,25,26). The van der Waals surface area contributed by atoms with Crippen molar-refractivity contribution in [3.63, 3.8) is 0 Å². The second-order valence-electron chi connectivity index (χ2n) is 6.01. The summed E-state index contributed by atoms with van der Waals surface area (Å²) in [4.78, 5) is 29.5. The minimum absolute atomic E-state index is 0.0314. The molecular formula is C18H18N2O6. The molecule has 8 nitrogen and oxygen atoms in total. The minimum Gasteiger partial charge on any atom is -0.508 e. The van der Waals surface area contributed by atoms with E-state index < -0.39 is 30.1 Å². The van der Waals surface area contributed by atoms with E-state index in [1.165, 1.54) is 23.1 Å². The van der Waals surface area contributed by atoms with Crippen molar-refractivity contribution in [3.05, 3.63) is 53.6 Å². The zero-order valence-corrected chi connectivity index (χ0v) is 13.7. The van der Waals surface area contributed by atoms with Gasteiger partial charge in [0.2, 0.25) is 0 Å². The van der Waals surface area contributed by atoms with Crippen molar-refractivity contribution in [3.8, 4) is 5.75 Å². The number of aliphatic hydroxyl groups is 1. The van der Waals surface area contributed by atoms with Crippen molar-refractivity contribution in [2.24, 2.45) is 4.99 Å². The highest BCUT2D eigenvalue weighted by Crippen LogP contribution is 2.34. The Kier molecular flexibility index (Phi) is 4.88. The molecule has 3 unspecified atom stereocenters. The van der Waals surface area contributed by atoms with Gasteiger partial charge in [0.25, 0.3) is 0 Å². The molecule has 3 rings (SSSR count). The average molecular weight is 358 g/mol. The van der Waals surface area contributed by atoms with Crippen LogP contribution in [0.5, 0.6) is 5.75 Å². The molecule has 1 heterocycles. The molecule has 1 aromatic carbocycles. The molecule has 8 heteroatoms. The van der Waals surface area contributed by atoms with Gasteiger partial charge in [-0.3, -0.25) is 19.5 Å². The second-order valence-corrected chi connectivity index (χ2v) is 6.01. The summed E-state index contributed by atoms with van der Waals surface area (Å²) in [5.74, 6) is -2.83. The molecule has 0 aromatic heterocycles. The summed E-state index contributed by atoms with van der Waals surface area (Å²) in [6, 6.07) is 3.12. The Labute approximate surface area is 149 Å². The van der Waals surface area contributed by atoms with Crippen LogP contribution >= 0.6 is 0 Å². The maximum atomic E-state index is 12.0. The van der Waals surface area contributed by atoms with E-state index in [4.69, 9.17) is 0 Å². The Balaban J connectivity index is 2.14. The van der Waals surface area contributed by atoms with Crippen molar-refractivity contribution in [2.75, 3.05) is 13.1 Å². The van der Waals surface area contributed by atoms with E-state index in [1.807, 2.05) is 0 Å². The van der Waals surface area contributed by atoms with Crippen molar-refractivity contribution >= 4 is 17.7 Å². The van der Waals surface area contributed by atoms with Gasteiger partial charge in [-0.2, -0.15) is 0 Å². The van der Waals surface area contributed by atoms with E-state index in [2.05, 4.69) is 4.99 Å². The Bertz CT molecular complexity index is 829. The van der Waals surface area contributed by atoms with Crippen LogP contribution < -0.4 is 0 Å². The molecule has 0 fully saturated rings. The predicted octanol–water partition coefficient (Wildman–Crippen LogP) is 0.585. The third-order valence-corrected chi connectivity index (χ3v) is 4.48. The fourth-order valence-corrected chi connectivity index (χ4v) is 3.34. The van der Waals surface area contributed by atoms with Crippen molar-refractivity contribution < 1.29 is 30.0 Å². The van der Waals surface area contributed by atoms with E-state index >= 15 is 0 Å². The maximum Gasteiger partial charge on any atom is 0.325 e. The number of carbonyl (C=O) groups is 2. The van der Waals surface area contributed by atoms with Crippen LogP contribution in [-0.2, 0) is 9.59 Å². The van der Waals surface area contributed by atoms with Gasteiger partial charge in [-0.15, -0.1) is 0 Å². The Morgan fingerprint density at radius 1 is 1.23 bits per heavy atom. The van der Waals surface area contributed by atoms with E-state index in [0.717, 1.165) is 0 Å². The van der Waals surface area contributed by atoms with Crippen LogP contribution in [0.3, 0.4) is 0 Å². The third kappa shape index (κ3) is 3.12. The number of hydrogen-bond acceptors (Lipinski definition) is 6. The fraction of sp³-hybridized carbons (Fsp3) is 0.278. The van der Waals surface area contributed by atoms with Crippen molar-refractivity contribution in [2.45, 2.75) is 18.2 Å². The minimum atomic E-state index is -1.41. The lowest BCUT2D eigenvalue weighted by atomic mass is 9.89.